The van der Waals surface area contributed by atoms with Gasteiger partial charge in [-0.2, -0.15) is 5.10 Å². The van der Waals surface area contributed by atoms with Gasteiger partial charge in [-0.15, -0.1) is 0 Å². The van der Waals surface area contributed by atoms with E-state index in [1.54, 1.807) is 0 Å². The van der Waals surface area contributed by atoms with E-state index >= 15 is 0 Å². The molecule has 1 heterocycles. The van der Waals surface area contributed by atoms with Gasteiger partial charge in [0, 0.05) is 18.7 Å². The van der Waals surface area contributed by atoms with Crippen LogP contribution in [0.3, 0.4) is 0 Å². The number of hydrogen-bond donors (Lipinski definition) is 2. The van der Waals surface area contributed by atoms with Crippen molar-refractivity contribution in [2.24, 2.45) is 17.2 Å². The number of nitrogens with two attached hydrogens (primary N) is 1. The first-order valence-corrected chi connectivity index (χ1v) is 7.60. The molecule has 2 fully saturated rings. The Labute approximate surface area is 115 Å². The van der Waals surface area contributed by atoms with Crippen molar-refractivity contribution in [3.05, 3.63) is 18.0 Å². The molecule has 0 radical (unpaired) electrons. The van der Waals surface area contributed by atoms with Gasteiger partial charge in [0.15, 0.2) is 0 Å². The number of hydrogen-bond acceptors (Lipinski definition) is 3. The Kier molecular flexibility index (Phi) is 3.39. The summed E-state index contributed by atoms with van der Waals surface area (Å²) in [4.78, 5) is 0. The van der Waals surface area contributed by atoms with Crippen LogP contribution < -0.4 is 11.3 Å². The number of nitrogens with zero attached hydrogens (tertiary/aromatic N) is 2. The maximum absolute atomic E-state index is 5.73. The lowest BCUT2D eigenvalue weighted by Crippen LogP contribution is -2.39. The topological polar surface area (TPSA) is 55.9 Å². The molecule has 0 aliphatic heterocycles. The predicted molar refractivity (Wildman–Crippen MR) is 76.4 cm³/mol. The summed E-state index contributed by atoms with van der Waals surface area (Å²) in [7, 11) is 0. The summed E-state index contributed by atoms with van der Waals surface area (Å²) >= 11 is 0. The summed E-state index contributed by atoms with van der Waals surface area (Å²) < 4.78 is 2.17. The molecule has 4 nitrogen and oxygen atoms in total. The second-order valence-electron chi connectivity index (χ2n) is 7.00. The van der Waals surface area contributed by atoms with Crippen LogP contribution in [0.15, 0.2) is 12.3 Å². The Bertz CT molecular complexity index is 431. The fourth-order valence-electron chi connectivity index (χ4n) is 3.60. The molecule has 19 heavy (non-hydrogen) atoms. The van der Waals surface area contributed by atoms with Gasteiger partial charge in [0.1, 0.15) is 0 Å². The molecule has 3 N–H and O–H groups in total. The normalized spacial score (nSPS) is 27.6. The summed E-state index contributed by atoms with van der Waals surface area (Å²) in [5.41, 5.74) is 4.63. The van der Waals surface area contributed by atoms with Gasteiger partial charge in [-0.25, -0.2) is 0 Å². The van der Waals surface area contributed by atoms with Gasteiger partial charge in [0.2, 0.25) is 0 Å². The Balaban J connectivity index is 1.63. The van der Waals surface area contributed by atoms with Gasteiger partial charge < -0.3 is 0 Å². The molecule has 0 saturated heterocycles. The monoisotopic (exact) mass is 262 g/mol. The molecule has 0 bridgehead atoms. The first-order chi connectivity index (χ1) is 9.10. The fraction of sp³-hybridized carbons (Fsp3) is 0.800. The highest BCUT2D eigenvalue weighted by Crippen LogP contribution is 2.53. The molecule has 2 atom stereocenters. The van der Waals surface area contributed by atoms with E-state index in [0.717, 1.165) is 6.42 Å². The van der Waals surface area contributed by atoms with Crippen molar-refractivity contribution in [3.63, 3.8) is 0 Å². The molecule has 106 valence electrons. The van der Waals surface area contributed by atoms with Crippen molar-refractivity contribution in [1.29, 1.82) is 0 Å². The summed E-state index contributed by atoms with van der Waals surface area (Å²) in [6.45, 7) is 4.64. The minimum absolute atomic E-state index is 0.363. The molecule has 2 saturated carbocycles. The van der Waals surface area contributed by atoms with E-state index in [1.165, 1.54) is 37.8 Å². The zero-order chi connectivity index (χ0) is 13.5. The van der Waals surface area contributed by atoms with Crippen LogP contribution in [0.4, 0.5) is 0 Å². The lowest BCUT2D eigenvalue weighted by Gasteiger charge is -2.16. The summed E-state index contributed by atoms with van der Waals surface area (Å²) in [5, 5.41) is 4.76. The highest BCUT2D eigenvalue weighted by atomic mass is 15.3. The molecular formula is C15H26N4. The lowest BCUT2D eigenvalue weighted by atomic mass is 10.0. The molecule has 1 aromatic rings. The van der Waals surface area contributed by atoms with Gasteiger partial charge in [-0.1, -0.05) is 26.7 Å². The first-order valence-electron chi connectivity index (χ1n) is 7.60. The van der Waals surface area contributed by atoms with Crippen molar-refractivity contribution < 1.29 is 0 Å². The van der Waals surface area contributed by atoms with E-state index < -0.39 is 0 Å². The largest absolute Gasteiger partial charge is 0.271 e. The Hall–Kier alpha value is -0.870. The average molecular weight is 262 g/mol. The minimum Gasteiger partial charge on any atom is -0.271 e. The predicted octanol–water partition coefficient (Wildman–Crippen LogP) is 2.42. The number of nitrogens with one attached hydrogen (secondary N) is 1. The highest BCUT2D eigenvalue weighted by Gasteiger charge is 2.49. The lowest BCUT2D eigenvalue weighted by molar-refractivity contribution is 0.401. The summed E-state index contributed by atoms with van der Waals surface area (Å²) in [6, 6.07) is 3.16. The van der Waals surface area contributed by atoms with E-state index in [9.17, 15) is 0 Å². The Morgan fingerprint density at radius 3 is 2.74 bits per heavy atom. The van der Waals surface area contributed by atoms with Gasteiger partial charge in [-0.05, 0) is 36.7 Å². The van der Waals surface area contributed by atoms with Crippen LogP contribution in [0.1, 0.15) is 57.7 Å². The van der Waals surface area contributed by atoms with Crippen molar-refractivity contribution in [3.8, 4) is 0 Å². The summed E-state index contributed by atoms with van der Waals surface area (Å²) in [5.74, 6) is 6.42. The third-order valence-corrected chi connectivity index (χ3v) is 5.08. The molecule has 0 spiro atoms. The molecule has 1 aromatic heterocycles. The van der Waals surface area contributed by atoms with Crippen LogP contribution in [0.2, 0.25) is 0 Å². The molecule has 4 heteroatoms. The molecule has 0 aromatic carbocycles. The van der Waals surface area contributed by atoms with Crippen LogP contribution in [0, 0.1) is 11.3 Å². The van der Waals surface area contributed by atoms with Crippen LogP contribution in [-0.4, -0.2) is 15.8 Å². The van der Waals surface area contributed by atoms with Crippen LogP contribution >= 0.6 is 0 Å². The fourth-order valence-corrected chi connectivity index (χ4v) is 3.60. The second-order valence-corrected chi connectivity index (χ2v) is 7.00. The van der Waals surface area contributed by atoms with Crippen molar-refractivity contribution in [2.75, 3.05) is 0 Å². The zero-order valence-corrected chi connectivity index (χ0v) is 12.1. The van der Waals surface area contributed by atoms with Gasteiger partial charge >= 0.3 is 0 Å². The van der Waals surface area contributed by atoms with E-state index in [0.29, 0.717) is 23.4 Å². The third-order valence-electron chi connectivity index (χ3n) is 5.08. The zero-order valence-electron chi connectivity index (χ0n) is 12.1. The van der Waals surface area contributed by atoms with Crippen LogP contribution in [0.25, 0.3) is 0 Å². The minimum atomic E-state index is 0.363. The number of rotatable bonds is 5. The van der Waals surface area contributed by atoms with Crippen LogP contribution in [0.5, 0.6) is 0 Å². The number of aromatic nitrogens is 2. The Morgan fingerprint density at radius 1 is 1.47 bits per heavy atom. The third kappa shape index (κ3) is 2.70. The molecule has 2 aliphatic carbocycles. The molecular weight excluding hydrogens is 236 g/mol. The maximum Gasteiger partial charge on any atom is 0.0640 e. The standard InChI is InChI=1S/C15H26N4/c1-15(2)10-13(15)14(17-16)9-11-7-8-19(18-11)12-5-3-4-6-12/h7-8,12-14,17H,3-6,9-10,16H2,1-2H3. The Morgan fingerprint density at radius 2 is 2.16 bits per heavy atom. The van der Waals surface area contributed by atoms with E-state index in [1.807, 2.05) is 0 Å². The molecule has 3 rings (SSSR count). The van der Waals surface area contributed by atoms with E-state index in [4.69, 9.17) is 10.9 Å². The number of hydrazine groups is 1. The smallest absolute Gasteiger partial charge is 0.0640 e. The van der Waals surface area contributed by atoms with E-state index in [-0.39, 0.29) is 0 Å². The maximum atomic E-state index is 5.73. The molecule has 2 unspecified atom stereocenters. The van der Waals surface area contributed by atoms with Gasteiger partial charge in [0.05, 0.1) is 11.7 Å². The van der Waals surface area contributed by atoms with Crippen molar-refractivity contribution in [2.45, 2.75) is 64.5 Å². The van der Waals surface area contributed by atoms with Crippen molar-refractivity contribution >= 4 is 0 Å². The van der Waals surface area contributed by atoms with Crippen molar-refractivity contribution in [1.82, 2.24) is 15.2 Å². The van der Waals surface area contributed by atoms with Gasteiger partial charge in [0.25, 0.3) is 0 Å². The van der Waals surface area contributed by atoms with Gasteiger partial charge in [-0.3, -0.25) is 16.0 Å². The summed E-state index contributed by atoms with van der Waals surface area (Å²) in [6.07, 6.45) is 9.64. The first kappa shape index (κ1) is 13.1. The van der Waals surface area contributed by atoms with Crippen LogP contribution in [-0.2, 0) is 6.42 Å². The average Bonchev–Trinajstić information content (AvgIpc) is 2.87. The SMILES string of the molecule is CC1(C)CC1C(Cc1ccn(C2CCCC2)n1)NN. The quantitative estimate of drug-likeness (QED) is 0.633. The second kappa shape index (κ2) is 4.91. The molecule has 0 amide bonds. The molecule has 2 aliphatic rings. The highest BCUT2D eigenvalue weighted by molar-refractivity contribution is 5.08. The van der Waals surface area contributed by atoms with E-state index in [2.05, 4.69) is 36.2 Å².